The monoisotopic (exact) mass is 293 g/mol. The Morgan fingerprint density at radius 2 is 2.14 bits per heavy atom. The van der Waals surface area contributed by atoms with E-state index in [9.17, 15) is 14.7 Å². The lowest BCUT2D eigenvalue weighted by molar-refractivity contribution is 0.0831. The van der Waals surface area contributed by atoms with E-state index in [0.717, 1.165) is 38.5 Å². The Kier molecular flexibility index (Phi) is 5.12. The molecule has 1 saturated carbocycles. The van der Waals surface area contributed by atoms with E-state index in [4.69, 9.17) is 0 Å². The van der Waals surface area contributed by atoms with E-state index in [-0.39, 0.29) is 23.8 Å². The molecule has 1 amide bonds. The first kappa shape index (κ1) is 15.7. The Morgan fingerprint density at radius 3 is 2.76 bits per heavy atom. The van der Waals surface area contributed by atoms with Gasteiger partial charge in [-0.2, -0.15) is 5.10 Å². The number of nitrogens with zero attached hydrogens (tertiary/aromatic N) is 2. The zero-order chi connectivity index (χ0) is 15.3. The summed E-state index contributed by atoms with van der Waals surface area (Å²) in [6.07, 6.45) is 5.38. The quantitative estimate of drug-likeness (QED) is 0.822. The van der Waals surface area contributed by atoms with Crippen LogP contribution in [0.15, 0.2) is 16.9 Å². The van der Waals surface area contributed by atoms with E-state index in [1.54, 1.807) is 0 Å². The van der Waals surface area contributed by atoms with Crippen molar-refractivity contribution in [3.05, 3.63) is 28.2 Å². The van der Waals surface area contributed by atoms with Crippen LogP contribution in [0.1, 0.15) is 55.9 Å². The number of aromatic nitrogens is 2. The van der Waals surface area contributed by atoms with Gasteiger partial charge in [-0.3, -0.25) is 9.59 Å². The molecule has 1 aromatic rings. The predicted octanol–water partition coefficient (Wildman–Crippen LogP) is 1.08. The molecule has 1 aliphatic rings. The Hall–Kier alpha value is -1.69. The van der Waals surface area contributed by atoms with Crippen molar-refractivity contribution in [2.75, 3.05) is 6.61 Å². The first-order chi connectivity index (χ1) is 10.1. The maximum Gasteiger partial charge on any atom is 0.272 e. The summed E-state index contributed by atoms with van der Waals surface area (Å²) in [6.45, 7) is 2.49. The Balaban J connectivity index is 2.13. The van der Waals surface area contributed by atoms with Crippen molar-refractivity contribution in [2.45, 2.75) is 57.5 Å². The van der Waals surface area contributed by atoms with Crippen molar-refractivity contribution in [3.63, 3.8) is 0 Å². The van der Waals surface area contributed by atoms with Gasteiger partial charge in [-0.15, -0.1) is 0 Å². The molecule has 116 valence electrons. The third-order valence-electron chi connectivity index (χ3n) is 4.06. The minimum atomic E-state index is -0.525. The van der Waals surface area contributed by atoms with Gasteiger partial charge in [0.2, 0.25) is 0 Å². The largest absolute Gasteiger partial charge is 0.394 e. The van der Waals surface area contributed by atoms with Gasteiger partial charge in [0.25, 0.3) is 11.5 Å². The first-order valence-electron chi connectivity index (χ1n) is 7.62. The molecule has 1 fully saturated rings. The molecule has 2 rings (SSSR count). The fourth-order valence-electron chi connectivity index (χ4n) is 2.72. The van der Waals surface area contributed by atoms with Crippen molar-refractivity contribution >= 4 is 5.91 Å². The number of nitrogens with one attached hydrogen (secondary N) is 1. The second-order valence-electron chi connectivity index (χ2n) is 5.73. The number of hydrogen-bond donors (Lipinski definition) is 2. The van der Waals surface area contributed by atoms with Crippen molar-refractivity contribution in [1.82, 2.24) is 15.1 Å². The number of amides is 1. The minimum Gasteiger partial charge on any atom is -0.394 e. The molecule has 0 atom stereocenters. The van der Waals surface area contributed by atoms with Crippen LogP contribution >= 0.6 is 0 Å². The highest BCUT2D eigenvalue weighted by Gasteiger charge is 2.35. The SMILES string of the molecule is CCCCn1nc(C(=O)NC2(CO)CCCC2)ccc1=O. The maximum atomic E-state index is 12.3. The van der Waals surface area contributed by atoms with Crippen LogP contribution in [0.25, 0.3) is 0 Å². The van der Waals surface area contributed by atoms with Crippen LogP contribution in [0.2, 0.25) is 0 Å². The lowest BCUT2D eigenvalue weighted by Crippen LogP contribution is -2.49. The van der Waals surface area contributed by atoms with Gasteiger partial charge >= 0.3 is 0 Å². The normalized spacial score (nSPS) is 16.9. The predicted molar refractivity (Wildman–Crippen MR) is 79.2 cm³/mol. The summed E-state index contributed by atoms with van der Waals surface area (Å²) >= 11 is 0. The average molecular weight is 293 g/mol. The third kappa shape index (κ3) is 3.69. The summed E-state index contributed by atoms with van der Waals surface area (Å²) in [7, 11) is 0. The van der Waals surface area contributed by atoms with Crippen LogP contribution in [0.3, 0.4) is 0 Å². The van der Waals surface area contributed by atoms with Gasteiger partial charge in [0.05, 0.1) is 12.1 Å². The number of rotatable bonds is 6. The number of unbranched alkanes of at least 4 members (excludes halogenated alkanes) is 1. The molecule has 21 heavy (non-hydrogen) atoms. The smallest absolute Gasteiger partial charge is 0.272 e. The fraction of sp³-hybridized carbons (Fsp3) is 0.667. The molecule has 0 aromatic carbocycles. The lowest BCUT2D eigenvalue weighted by atomic mass is 9.99. The summed E-state index contributed by atoms with van der Waals surface area (Å²) in [5.41, 5.74) is -0.494. The summed E-state index contributed by atoms with van der Waals surface area (Å²) in [6, 6.07) is 2.82. The fourth-order valence-corrected chi connectivity index (χ4v) is 2.72. The number of aliphatic hydroxyl groups is 1. The molecule has 1 heterocycles. The molecule has 2 N–H and O–H groups in total. The van der Waals surface area contributed by atoms with Gasteiger partial charge in [0.15, 0.2) is 0 Å². The van der Waals surface area contributed by atoms with Gasteiger partial charge in [0.1, 0.15) is 5.69 Å². The van der Waals surface area contributed by atoms with Gasteiger partial charge < -0.3 is 10.4 Å². The highest BCUT2D eigenvalue weighted by atomic mass is 16.3. The van der Waals surface area contributed by atoms with Crippen LogP contribution in [-0.4, -0.2) is 32.9 Å². The van der Waals surface area contributed by atoms with Crippen LogP contribution in [0, 0.1) is 0 Å². The zero-order valence-electron chi connectivity index (χ0n) is 12.5. The number of carbonyl (C=O) groups is 1. The summed E-state index contributed by atoms with van der Waals surface area (Å²) in [5.74, 6) is -0.323. The van der Waals surface area contributed by atoms with E-state index in [1.165, 1.54) is 16.8 Å². The minimum absolute atomic E-state index is 0.0613. The van der Waals surface area contributed by atoms with Crippen molar-refractivity contribution < 1.29 is 9.90 Å². The summed E-state index contributed by atoms with van der Waals surface area (Å²) in [4.78, 5) is 24.0. The number of aliphatic hydroxyl groups excluding tert-OH is 1. The molecular formula is C15H23N3O3. The molecule has 1 aromatic heterocycles. The van der Waals surface area contributed by atoms with E-state index >= 15 is 0 Å². The Labute approximate surface area is 124 Å². The van der Waals surface area contributed by atoms with Gasteiger partial charge in [0, 0.05) is 12.6 Å². The second kappa shape index (κ2) is 6.85. The third-order valence-corrected chi connectivity index (χ3v) is 4.06. The summed E-state index contributed by atoms with van der Waals surface area (Å²) < 4.78 is 1.33. The van der Waals surface area contributed by atoms with Crippen molar-refractivity contribution in [3.8, 4) is 0 Å². The van der Waals surface area contributed by atoms with Crippen LogP contribution in [0.4, 0.5) is 0 Å². The molecule has 0 aliphatic heterocycles. The van der Waals surface area contributed by atoms with Crippen molar-refractivity contribution in [2.24, 2.45) is 0 Å². The van der Waals surface area contributed by atoms with Gasteiger partial charge in [-0.25, -0.2) is 4.68 Å². The molecular weight excluding hydrogens is 270 g/mol. The van der Waals surface area contributed by atoms with Crippen LogP contribution in [-0.2, 0) is 6.54 Å². The zero-order valence-corrected chi connectivity index (χ0v) is 12.5. The van der Waals surface area contributed by atoms with E-state index in [2.05, 4.69) is 10.4 Å². The van der Waals surface area contributed by atoms with E-state index in [0.29, 0.717) is 6.54 Å². The second-order valence-corrected chi connectivity index (χ2v) is 5.73. The first-order valence-corrected chi connectivity index (χ1v) is 7.62. The van der Waals surface area contributed by atoms with Crippen LogP contribution < -0.4 is 10.9 Å². The Bertz CT molecular complexity index is 547. The summed E-state index contributed by atoms with van der Waals surface area (Å²) in [5, 5.41) is 16.6. The van der Waals surface area contributed by atoms with Gasteiger partial charge in [-0.1, -0.05) is 26.2 Å². The highest BCUT2D eigenvalue weighted by molar-refractivity contribution is 5.92. The average Bonchev–Trinajstić information content (AvgIpc) is 2.95. The molecule has 0 saturated heterocycles. The van der Waals surface area contributed by atoms with E-state index in [1.807, 2.05) is 6.92 Å². The standard InChI is InChI=1S/C15H23N3O3/c1-2-3-10-18-13(20)7-6-12(17-18)14(21)16-15(11-19)8-4-5-9-15/h6-7,19H,2-5,8-11H2,1H3,(H,16,21). The Morgan fingerprint density at radius 1 is 1.43 bits per heavy atom. The maximum absolute atomic E-state index is 12.3. The van der Waals surface area contributed by atoms with E-state index < -0.39 is 5.54 Å². The van der Waals surface area contributed by atoms with Gasteiger partial charge in [-0.05, 0) is 25.3 Å². The molecule has 6 heteroatoms. The molecule has 1 aliphatic carbocycles. The molecule has 0 unspecified atom stereocenters. The topological polar surface area (TPSA) is 84.2 Å². The molecule has 0 bridgehead atoms. The molecule has 6 nitrogen and oxygen atoms in total. The van der Waals surface area contributed by atoms with Crippen LogP contribution in [0.5, 0.6) is 0 Å². The van der Waals surface area contributed by atoms with Crippen molar-refractivity contribution in [1.29, 1.82) is 0 Å². The number of hydrogen-bond acceptors (Lipinski definition) is 4. The molecule has 0 spiro atoms. The highest BCUT2D eigenvalue weighted by Crippen LogP contribution is 2.29. The number of aryl methyl sites for hydroxylation is 1. The lowest BCUT2D eigenvalue weighted by Gasteiger charge is -2.27. The molecule has 0 radical (unpaired) electrons. The number of carbonyl (C=O) groups excluding carboxylic acids is 1.